The minimum atomic E-state index is -0.518. The Hall–Kier alpha value is -2.37. The molecule has 2 N–H and O–H groups in total. The van der Waals surface area contributed by atoms with E-state index in [2.05, 4.69) is 0 Å². The zero-order chi connectivity index (χ0) is 19.2. The van der Waals surface area contributed by atoms with Crippen LogP contribution in [-0.2, 0) is 0 Å². The maximum absolute atomic E-state index is 12.5. The molecule has 1 amide bonds. The Morgan fingerprint density at radius 3 is 2.33 bits per heavy atom. The van der Waals surface area contributed by atoms with E-state index in [0.717, 1.165) is 35.5 Å². The van der Waals surface area contributed by atoms with Crippen molar-refractivity contribution in [2.24, 2.45) is 0 Å². The highest BCUT2D eigenvalue weighted by Gasteiger charge is 2.26. The Morgan fingerprint density at radius 2 is 1.70 bits per heavy atom. The average Bonchev–Trinajstić information content (AvgIpc) is 2.68. The predicted octanol–water partition coefficient (Wildman–Crippen LogP) is 1.08. The minimum absolute atomic E-state index is 0.0913. The van der Waals surface area contributed by atoms with E-state index in [9.17, 15) is 9.90 Å². The normalized spacial score (nSPS) is 16.2. The molecule has 1 saturated heterocycles. The molecule has 0 radical (unpaired) electrons. The van der Waals surface area contributed by atoms with E-state index < -0.39 is 6.10 Å². The van der Waals surface area contributed by atoms with Crippen molar-refractivity contribution in [3.05, 3.63) is 65.2 Å². The van der Waals surface area contributed by atoms with Gasteiger partial charge in [-0.1, -0.05) is 36.4 Å². The lowest BCUT2D eigenvalue weighted by atomic mass is 10.1. The van der Waals surface area contributed by atoms with E-state index in [1.807, 2.05) is 67.3 Å². The summed E-state index contributed by atoms with van der Waals surface area (Å²) in [5.74, 6) is 0.957. The first-order valence-electron chi connectivity index (χ1n) is 9.59. The van der Waals surface area contributed by atoms with Gasteiger partial charge in [0.25, 0.3) is 5.91 Å². The Morgan fingerprint density at radius 1 is 1.07 bits per heavy atom. The highest BCUT2D eigenvalue weighted by atomic mass is 16.5. The summed E-state index contributed by atoms with van der Waals surface area (Å²) in [5, 5.41) is 10.4. The van der Waals surface area contributed by atoms with Crippen LogP contribution in [0.25, 0.3) is 0 Å². The van der Waals surface area contributed by atoms with Crippen molar-refractivity contribution in [1.29, 1.82) is 0 Å². The second-order valence-electron chi connectivity index (χ2n) is 7.30. The Bertz CT molecular complexity index is 735. The number of amides is 1. The number of nitrogens with one attached hydrogen (secondary N) is 1. The monoisotopic (exact) mass is 369 g/mol. The number of aryl methyl sites for hydroxylation is 2. The molecule has 5 heteroatoms. The van der Waals surface area contributed by atoms with Gasteiger partial charge in [0.2, 0.25) is 0 Å². The summed E-state index contributed by atoms with van der Waals surface area (Å²) in [6.07, 6.45) is -0.518. The Kier molecular flexibility index (Phi) is 6.48. The molecule has 144 valence electrons. The highest BCUT2D eigenvalue weighted by Crippen LogP contribution is 2.22. The Balaban J connectivity index is 1.44. The zero-order valence-corrected chi connectivity index (χ0v) is 16.1. The lowest BCUT2D eigenvalue weighted by molar-refractivity contribution is -0.907. The third kappa shape index (κ3) is 5.08. The van der Waals surface area contributed by atoms with Crippen molar-refractivity contribution >= 4 is 5.91 Å². The number of hydrogen-bond donors (Lipinski definition) is 2. The SMILES string of the molecule is Cc1cccc(C)c1OC[C@@H](O)C[NH+]1CCN(C(=O)c2ccccc2)CC1. The first kappa shape index (κ1) is 19.4. The molecule has 0 spiro atoms. The van der Waals surface area contributed by atoms with Gasteiger partial charge in [-0.2, -0.15) is 0 Å². The molecule has 0 bridgehead atoms. The number of aliphatic hydroxyl groups excluding tert-OH is 1. The largest absolute Gasteiger partial charge is 0.490 e. The fourth-order valence-electron chi connectivity index (χ4n) is 3.59. The molecule has 1 heterocycles. The molecule has 1 fully saturated rings. The van der Waals surface area contributed by atoms with E-state index in [4.69, 9.17) is 4.74 Å². The van der Waals surface area contributed by atoms with E-state index in [-0.39, 0.29) is 5.91 Å². The summed E-state index contributed by atoms with van der Waals surface area (Å²) >= 11 is 0. The van der Waals surface area contributed by atoms with Gasteiger partial charge in [0, 0.05) is 5.56 Å². The molecule has 0 unspecified atom stereocenters. The van der Waals surface area contributed by atoms with Gasteiger partial charge >= 0.3 is 0 Å². The summed E-state index contributed by atoms with van der Waals surface area (Å²) in [7, 11) is 0. The number of nitrogens with zero attached hydrogens (tertiary/aromatic N) is 1. The number of benzene rings is 2. The summed E-state index contributed by atoms with van der Waals surface area (Å²) in [6, 6.07) is 15.5. The van der Waals surface area contributed by atoms with Crippen LogP contribution < -0.4 is 9.64 Å². The van der Waals surface area contributed by atoms with E-state index >= 15 is 0 Å². The van der Waals surface area contributed by atoms with Crippen molar-refractivity contribution in [3.8, 4) is 5.75 Å². The van der Waals surface area contributed by atoms with Crippen LogP contribution >= 0.6 is 0 Å². The number of carbonyl (C=O) groups excluding carboxylic acids is 1. The fraction of sp³-hybridized carbons (Fsp3) is 0.409. The van der Waals surface area contributed by atoms with E-state index in [1.165, 1.54) is 4.90 Å². The van der Waals surface area contributed by atoms with Gasteiger partial charge in [0.05, 0.1) is 26.2 Å². The van der Waals surface area contributed by atoms with Crippen LogP contribution in [-0.4, -0.2) is 61.3 Å². The third-order valence-corrected chi connectivity index (χ3v) is 5.13. The molecule has 0 aromatic heterocycles. The first-order chi connectivity index (χ1) is 13.0. The molecule has 1 atom stereocenters. The summed E-state index contributed by atoms with van der Waals surface area (Å²) in [6.45, 7) is 8.09. The highest BCUT2D eigenvalue weighted by molar-refractivity contribution is 5.94. The van der Waals surface area contributed by atoms with Crippen LogP contribution in [0.1, 0.15) is 21.5 Å². The molecule has 1 aliphatic rings. The van der Waals surface area contributed by atoms with Crippen LogP contribution in [0.15, 0.2) is 48.5 Å². The van der Waals surface area contributed by atoms with Gasteiger partial charge in [-0.15, -0.1) is 0 Å². The number of piperazine rings is 1. The summed E-state index contributed by atoms with van der Waals surface area (Å²) in [4.78, 5) is 15.7. The first-order valence-corrected chi connectivity index (χ1v) is 9.59. The molecular weight excluding hydrogens is 340 g/mol. The number of ether oxygens (including phenoxy) is 1. The molecule has 27 heavy (non-hydrogen) atoms. The van der Waals surface area contributed by atoms with Gasteiger partial charge < -0.3 is 19.6 Å². The van der Waals surface area contributed by atoms with Crippen LogP contribution in [0, 0.1) is 13.8 Å². The maximum atomic E-state index is 12.5. The molecular formula is C22H29N2O3+. The zero-order valence-electron chi connectivity index (χ0n) is 16.1. The molecule has 2 aromatic rings. The van der Waals surface area contributed by atoms with Crippen molar-refractivity contribution < 1.29 is 19.5 Å². The van der Waals surface area contributed by atoms with Crippen LogP contribution in [0.4, 0.5) is 0 Å². The number of rotatable bonds is 6. The smallest absolute Gasteiger partial charge is 0.254 e. The van der Waals surface area contributed by atoms with Gasteiger partial charge in [0.15, 0.2) is 0 Å². The topological polar surface area (TPSA) is 54.2 Å². The van der Waals surface area contributed by atoms with Crippen LogP contribution in [0.5, 0.6) is 5.75 Å². The lowest BCUT2D eigenvalue weighted by Crippen LogP contribution is -3.16. The quantitative estimate of drug-likeness (QED) is 0.801. The van der Waals surface area contributed by atoms with Crippen molar-refractivity contribution in [1.82, 2.24) is 4.90 Å². The van der Waals surface area contributed by atoms with Crippen LogP contribution in [0.2, 0.25) is 0 Å². The number of aliphatic hydroxyl groups is 1. The van der Waals surface area contributed by atoms with Gasteiger partial charge in [-0.05, 0) is 37.1 Å². The van der Waals surface area contributed by atoms with Gasteiger partial charge in [-0.25, -0.2) is 0 Å². The van der Waals surface area contributed by atoms with Gasteiger partial charge in [-0.3, -0.25) is 4.79 Å². The van der Waals surface area contributed by atoms with Crippen molar-refractivity contribution in [3.63, 3.8) is 0 Å². The number of carbonyl (C=O) groups is 1. The van der Waals surface area contributed by atoms with Crippen molar-refractivity contribution in [2.75, 3.05) is 39.3 Å². The Labute approximate surface area is 161 Å². The third-order valence-electron chi connectivity index (χ3n) is 5.13. The number of quaternary nitrogens is 1. The molecule has 0 saturated carbocycles. The lowest BCUT2D eigenvalue weighted by Gasteiger charge is -2.33. The average molecular weight is 369 g/mol. The molecule has 3 rings (SSSR count). The maximum Gasteiger partial charge on any atom is 0.254 e. The number of para-hydroxylation sites is 1. The minimum Gasteiger partial charge on any atom is -0.490 e. The second kappa shape index (κ2) is 9.02. The molecule has 5 nitrogen and oxygen atoms in total. The van der Waals surface area contributed by atoms with Gasteiger partial charge in [0.1, 0.15) is 25.0 Å². The molecule has 2 aromatic carbocycles. The fourth-order valence-corrected chi connectivity index (χ4v) is 3.59. The molecule has 0 aliphatic carbocycles. The standard InChI is InChI=1S/C22H28N2O3/c1-17-7-6-8-18(2)21(17)27-16-20(25)15-23-11-13-24(14-12-23)22(26)19-9-4-3-5-10-19/h3-10,20,25H,11-16H2,1-2H3/p+1/t20-/m0/s1. The molecule has 1 aliphatic heterocycles. The second-order valence-corrected chi connectivity index (χ2v) is 7.30. The van der Waals surface area contributed by atoms with Crippen molar-refractivity contribution in [2.45, 2.75) is 20.0 Å². The van der Waals surface area contributed by atoms with Crippen LogP contribution in [0.3, 0.4) is 0 Å². The van der Waals surface area contributed by atoms with E-state index in [1.54, 1.807) is 0 Å². The van der Waals surface area contributed by atoms with E-state index in [0.29, 0.717) is 26.2 Å². The predicted molar refractivity (Wildman–Crippen MR) is 105 cm³/mol. The summed E-state index contributed by atoms with van der Waals surface area (Å²) in [5.41, 5.74) is 2.91. The number of hydrogen-bond acceptors (Lipinski definition) is 3. The summed E-state index contributed by atoms with van der Waals surface area (Å²) < 4.78 is 5.86.